The van der Waals surface area contributed by atoms with Crippen molar-refractivity contribution in [1.82, 2.24) is 10.2 Å². The number of aliphatic hydroxyl groups is 1. The Bertz CT molecular complexity index is 545. The van der Waals surface area contributed by atoms with E-state index in [0.29, 0.717) is 23.6 Å². The topological polar surface area (TPSA) is 69.6 Å². The molecule has 0 aromatic heterocycles. The number of hydrogen-bond acceptors (Lipinski definition) is 4. The van der Waals surface area contributed by atoms with E-state index in [2.05, 4.69) is 10.2 Å². The number of hydrogen-bond donors (Lipinski definition) is 2. The van der Waals surface area contributed by atoms with Crippen LogP contribution < -0.4 is 5.32 Å². The van der Waals surface area contributed by atoms with Crippen molar-refractivity contribution in [2.75, 3.05) is 32.8 Å². The number of piperidine rings is 1. The third kappa shape index (κ3) is 5.44. The Morgan fingerprint density at radius 1 is 1.35 bits per heavy atom. The van der Waals surface area contributed by atoms with Crippen LogP contribution in [0.4, 0.5) is 0 Å². The minimum absolute atomic E-state index is 0.0387. The van der Waals surface area contributed by atoms with Crippen LogP contribution in [0.5, 0.6) is 0 Å². The summed E-state index contributed by atoms with van der Waals surface area (Å²) in [6.07, 6.45) is 3.13. The molecule has 1 atom stereocenters. The average Bonchev–Trinajstić information content (AvgIpc) is 2.58. The summed E-state index contributed by atoms with van der Waals surface area (Å²) < 4.78 is 0. The molecule has 1 fully saturated rings. The fraction of sp³-hybridized carbons (Fsp3) is 0.556. The van der Waals surface area contributed by atoms with Gasteiger partial charge >= 0.3 is 0 Å². The first kappa shape index (κ1) is 17.6. The number of rotatable bonds is 7. The first-order chi connectivity index (χ1) is 11.1. The van der Waals surface area contributed by atoms with Crippen LogP contribution in [0.25, 0.3) is 0 Å². The normalized spacial score (nSPS) is 18.6. The number of carbonyl (C=O) groups excluding carboxylic acids is 2. The number of ketones is 1. The van der Waals surface area contributed by atoms with Crippen LogP contribution in [0.2, 0.25) is 0 Å². The highest BCUT2D eigenvalue weighted by atomic mass is 16.3. The first-order valence-corrected chi connectivity index (χ1v) is 8.32. The molecule has 23 heavy (non-hydrogen) atoms. The van der Waals surface area contributed by atoms with Crippen LogP contribution in [-0.2, 0) is 0 Å². The zero-order valence-corrected chi connectivity index (χ0v) is 13.8. The van der Waals surface area contributed by atoms with Crippen LogP contribution in [0.3, 0.4) is 0 Å². The second-order valence-electron chi connectivity index (χ2n) is 6.24. The van der Waals surface area contributed by atoms with Crippen molar-refractivity contribution >= 4 is 11.7 Å². The van der Waals surface area contributed by atoms with Crippen molar-refractivity contribution in [1.29, 1.82) is 0 Å². The SMILES string of the molecule is CC(=O)c1cccc(C(=O)NCCCN2CCC[C@@H](CO)C2)c1. The van der Waals surface area contributed by atoms with E-state index >= 15 is 0 Å². The molecule has 0 bridgehead atoms. The van der Waals surface area contributed by atoms with Crippen molar-refractivity contribution < 1.29 is 14.7 Å². The lowest BCUT2D eigenvalue weighted by atomic mass is 9.99. The van der Waals surface area contributed by atoms with E-state index in [1.54, 1.807) is 24.3 Å². The number of aliphatic hydroxyl groups excluding tert-OH is 1. The minimum atomic E-state index is -0.139. The van der Waals surface area contributed by atoms with E-state index in [1.165, 1.54) is 6.92 Å². The smallest absolute Gasteiger partial charge is 0.251 e. The van der Waals surface area contributed by atoms with E-state index in [-0.39, 0.29) is 18.3 Å². The third-order valence-electron chi connectivity index (χ3n) is 4.33. The van der Waals surface area contributed by atoms with Gasteiger partial charge in [-0.1, -0.05) is 12.1 Å². The van der Waals surface area contributed by atoms with Crippen LogP contribution in [-0.4, -0.2) is 54.5 Å². The molecule has 5 nitrogen and oxygen atoms in total. The summed E-state index contributed by atoms with van der Waals surface area (Å²) in [6.45, 7) is 5.33. The maximum atomic E-state index is 12.1. The highest BCUT2D eigenvalue weighted by molar-refractivity contribution is 5.99. The summed E-state index contributed by atoms with van der Waals surface area (Å²) in [6, 6.07) is 6.80. The van der Waals surface area contributed by atoms with E-state index < -0.39 is 0 Å². The fourth-order valence-corrected chi connectivity index (χ4v) is 2.99. The van der Waals surface area contributed by atoms with E-state index in [9.17, 15) is 14.7 Å². The molecule has 0 unspecified atom stereocenters. The predicted molar refractivity (Wildman–Crippen MR) is 89.6 cm³/mol. The zero-order chi connectivity index (χ0) is 16.7. The molecule has 0 aliphatic carbocycles. The quantitative estimate of drug-likeness (QED) is 0.593. The predicted octanol–water partition coefficient (Wildman–Crippen LogP) is 1.71. The van der Waals surface area contributed by atoms with Crippen molar-refractivity contribution in [2.24, 2.45) is 5.92 Å². The Labute approximate surface area is 137 Å². The van der Waals surface area contributed by atoms with Crippen LogP contribution in [0.15, 0.2) is 24.3 Å². The summed E-state index contributed by atoms with van der Waals surface area (Å²) in [7, 11) is 0. The lowest BCUT2D eigenvalue weighted by Gasteiger charge is -2.31. The number of nitrogens with one attached hydrogen (secondary N) is 1. The molecule has 0 radical (unpaired) electrons. The van der Waals surface area contributed by atoms with E-state index in [0.717, 1.165) is 38.9 Å². The Kier molecular flexibility index (Phi) is 6.74. The largest absolute Gasteiger partial charge is 0.396 e. The molecular weight excluding hydrogens is 292 g/mol. The lowest BCUT2D eigenvalue weighted by molar-refractivity contribution is 0.0946. The fourth-order valence-electron chi connectivity index (χ4n) is 2.99. The number of benzene rings is 1. The average molecular weight is 318 g/mol. The molecule has 126 valence electrons. The molecule has 1 aromatic carbocycles. The molecule has 1 aliphatic rings. The van der Waals surface area contributed by atoms with Crippen LogP contribution in [0.1, 0.15) is 46.9 Å². The highest BCUT2D eigenvalue weighted by Gasteiger charge is 2.18. The van der Waals surface area contributed by atoms with E-state index in [4.69, 9.17) is 0 Å². The molecular formula is C18H26N2O3. The van der Waals surface area contributed by atoms with Gasteiger partial charge in [0.05, 0.1) is 0 Å². The van der Waals surface area contributed by atoms with Gasteiger partial charge in [0, 0.05) is 30.8 Å². The molecule has 1 amide bonds. The highest BCUT2D eigenvalue weighted by Crippen LogP contribution is 2.15. The molecule has 2 rings (SSSR count). The number of nitrogens with zero attached hydrogens (tertiary/aromatic N) is 1. The Hall–Kier alpha value is -1.72. The molecule has 5 heteroatoms. The standard InChI is InChI=1S/C18H26N2O3/c1-14(22)16-6-2-7-17(11-16)18(23)19-8-4-10-20-9-3-5-15(12-20)13-21/h2,6-7,11,15,21H,3-5,8-10,12-13H2,1H3,(H,19,23)/t15-/m1/s1. The maximum absolute atomic E-state index is 12.1. The summed E-state index contributed by atoms with van der Waals surface area (Å²) >= 11 is 0. The van der Waals surface area contributed by atoms with Gasteiger partial charge in [-0.3, -0.25) is 9.59 Å². The lowest BCUT2D eigenvalue weighted by Crippen LogP contribution is -2.38. The summed E-state index contributed by atoms with van der Waals surface area (Å²) in [5.41, 5.74) is 1.08. The molecule has 0 saturated carbocycles. The van der Waals surface area contributed by atoms with Crippen LogP contribution in [0, 0.1) is 5.92 Å². The van der Waals surface area contributed by atoms with Gasteiger partial charge in [0.2, 0.25) is 0 Å². The Balaban J connectivity index is 1.72. The molecule has 0 spiro atoms. The number of carbonyl (C=O) groups is 2. The van der Waals surface area contributed by atoms with Crippen molar-refractivity contribution in [3.63, 3.8) is 0 Å². The van der Waals surface area contributed by atoms with Gasteiger partial charge in [0.25, 0.3) is 5.91 Å². The molecule has 1 saturated heterocycles. The van der Waals surface area contributed by atoms with Gasteiger partial charge in [-0.15, -0.1) is 0 Å². The van der Waals surface area contributed by atoms with Crippen LogP contribution >= 0.6 is 0 Å². The second kappa shape index (κ2) is 8.79. The van der Waals surface area contributed by atoms with Gasteiger partial charge in [0.1, 0.15) is 0 Å². The summed E-state index contributed by atoms with van der Waals surface area (Å²) in [4.78, 5) is 25.8. The number of amides is 1. The van der Waals surface area contributed by atoms with Crippen molar-refractivity contribution in [3.8, 4) is 0 Å². The summed E-state index contributed by atoms with van der Waals surface area (Å²) in [5.74, 6) is 0.218. The van der Waals surface area contributed by atoms with Gasteiger partial charge in [0.15, 0.2) is 5.78 Å². The minimum Gasteiger partial charge on any atom is -0.396 e. The first-order valence-electron chi connectivity index (χ1n) is 8.32. The Morgan fingerprint density at radius 2 is 2.13 bits per heavy atom. The van der Waals surface area contributed by atoms with Gasteiger partial charge in [-0.05, 0) is 57.3 Å². The number of likely N-dealkylation sites (tertiary alicyclic amines) is 1. The van der Waals surface area contributed by atoms with Gasteiger partial charge in [-0.25, -0.2) is 0 Å². The monoisotopic (exact) mass is 318 g/mol. The van der Waals surface area contributed by atoms with Gasteiger partial charge < -0.3 is 15.3 Å². The zero-order valence-electron chi connectivity index (χ0n) is 13.8. The maximum Gasteiger partial charge on any atom is 0.251 e. The molecule has 1 aromatic rings. The van der Waals surface area contributed by atoms with Crippen molar-refractivity contribution in [2.45, 2.75) is 26.2 Å². The molecule has 2 N–H and O–H groups in total. The third-order valence-corrected chi connectivity index (χ3v) is 4.33. The second-order valence-corrected chi connectivity index (χ2v) is 6.24. The van der Waals surface area contributed by atoms with Gasteiger partial charge in [-0.2, -0.15) is 0 Å². The summed E-state index contributed by atoms with van der Waals surface area (Å²) in [5, 5.41) is 12.1. The van der Waals surface area contributed by atoms with E-state index in [1.807, 2.05) is 0 Å². The number of Topliss-reactive ketones (excluding diaryl/α,β-unsaturated/α-hetero) is 1. The van der Waals surface area contributed by atoms with Crippen molar-refractivity contribution in [3.05, 3.63) is 35.4 Å². The molecule has 1 aliphatic heterocycles. The molecule has 1 heterocycles. The Morgan fingerprint density at radius 3 is 2.87 bits per heavy atom.